The highest BCUT2D eigenvalue weighted by Gasteiger charge is 2.09. The fraction of sp³-hybridized carbons (Fsp3) is 0.0714. The van der Waals surface area contributed by atoms with E-state index in [2.05, 4.69) is 20.6 Å². The van der Waals surface area contributed by atoms with Crippen LogP contribution in [0.4, 0.5) is 16.3 Å². The van der Waals surface area contributed by atoms with Crippen LogP contribution in [0.3, 0.4) is 0 Å². The first-order valence-electron chi connectivity index (χ1n) is 6.29. The molecular weight excluding hydrogens is 270 g/mol. The van der Waals surface area contributed by atoms with E-state index in [0.29, 0.717) is 11.5 Å². The molecule has 0 radical (unpaired) electrons. The molecule has 0 fully saturated rings. The SMILES string of the molecule is CNc1nccn2c(-c3ccc(NC(=O)O)cc3)cnc12. The summed E-state index contributed by atoms with van der Waals surface area (Å²) in [6.45, 7) is 0. The molecular formula is C14H13N5O2. The highest BCUT2D eigenvalue weighted by Crippen LogP contribution is 2.24. The maximum Gasteiger partial charge on any atom is 0.409 e. The summed E-state index contributed by atoms with van der Waals surface area (Å²) in [6, 6.07) is 7.11. The van der Waals surface area contributed by atoms with Gasteiger partial charge >= 0.3 is 6.09 Å². The van der Waals surface area contributed by atoms with Crippen molar-refractivity contribution in [2.75, 3.05) is 17.7 Å². The molecule has 2 aromatic heterocycles. The van der Waals surface area contributed by atoms with E-state index in [0.717, 1.165) is 16.9 Å². The molecule has 0 bridgehead atoms. The lowest BCUT2D eigenvalue weighted by molar-refractivity contribution is 0.210. The van der Waals surface area contributed by atoms with Crippen molar-refractivity contribution < 1.29 is 9.90 Å². The second-order valence-corrected chi connectivity index (χ2v) is 4.37. The van der Waals surface area contributed by atoms with Gasteiger partial charge in [0.2, 0.25) is 0 Å². The van der Waals surface area contributed by atoms with Crippen LogP contribution in [-0.2, 0) is 0 Å². The lowest BCUT2D eigenvalue weighted by atomic mass is 10.1. The molecule has 0 atom stereocenters. The first kappa shape index (κ1) is 12.9. The number of imidazole rings is 1. The van der Waals surface area contributed by atoms with Crippen LogP contribution in [0.15, 0.2) is 42.9 Å². The Hall–Kier alpha value is -3.09. The second-order valence-electron chi connectivity index (χ2n) is 4.37. The molecule has 3 rings (SSSR count). The van der Waals surface area contributed by atoms with Gasteiger partial charge in [-0.15, -0.1) is 0 Å². The molecule has 1 aromatic carbocycles. The van der Waals surface area contributed by atoms with Gasteiger partial charge in [0.1, 0.15) is 0 Å². The summed E-state index contributed by atoms with van der Waals surface area (Å²) in [5.74, 6) is 0.702. The molecule has 0 saturated carbocycles. The normalized spacial score (nSPS) is 10.5. The van der Waals surface area contributed by atoms with Gasteiger partial charge < -0.3 is 10.4 Å². The summed E-state index contributed by atoms with van der Waals surface area (Å²) in [5.41, 5.74) is 3.11. The van der Waals surface area contributed by atoms with Gasteiger partial charge in [-0.2, -0.15) is 0 Å². The number of benzene rings is 1. The predicted octanol–water partition coefficient (Wildman–Crippen LogP) is 2.53. The van der Waals surface area contributed by atoms with Gasteiger partial charge in [-0.05, 0) is 12.1 Å². The molecule has 7 nitrogen and oxygen atoms in total. The minimum atomic E-state index is -1.08. The lowest BCUT2D eigenvalue weighted by Crippen LogP contribution is -2.06. The third kappa shape index (κ3) is 2.36. The van der Waals surface area contributed by atoms with Crippen LogP contribution in [0.5, 0.6) is 0 Å². The average Bonchev–Trinajstić information content (AvgIpc) is 2.91. The van der Waals surface area contributed by atoms with Gasteiger partial charge in [0.15, 0.2) is 11.5 Å². The Kier molecular flexibility index (Phi) is 3.15. The van der Waals surface area contributed by atoms with Gasteiger partial charge in [0.05, 0.1) is 11.9 Å². The molecule has 0 saturated heterocycles. The van der Waals surface area contributed by atoms with E-state index >= 15 is 0 Å². The topological polar surface area (TPSA) is 91.5 Å². The van der Waals surface area contributed by atoms with Crippen molar-refractivity contribution in [3.8, 4) is 11.3 Å². The van der Waals surface area contributed by atoms with Crippen molar-refractivity contribution in [1.82, 2.24) is 14.4 Å². The zero-order valence-electron chi connectivity index (χ0n) is 11.2. The first-order valence-corrected chi connectivity index (χ1v) is 6.29. The van der Waals surface area contributed by atoms with E-state index in [9.17, 15) is 4.79 Å². The van der Waals surface area contributed by atoms with E-state index in [-0.39, 0.29) is 0 Å². The van der Waals surface area contributed by atoms with Crippen LogP contribution < -0.4 is 10.6 Å². The number of nitrogens with one attached hydrogen (secondary N) is 2. The summed E-state index contributed by atoms with van der Waals surface area (Å²) in [6.07, 6.45) is 4.21. The van der Waals surface area contributed by atoms with Gasteiger partial charge in [0, 0.05) is 30.7 Å². The Morgan fingerprint density at radius 1 is 1.24 bits per heavy atom. The van der Waals surface area contributed by atoms with E-state index in [1.807, 2.05) is 22.7 Å². The van der Waals surface area contributed by atoms with Crippen LogP contribution in [0.25, 0.3) is 16.9 Å². The number of carboxylic acid groups (broad SMARTS) is 1. The van der Waals surface area contributed by atoms with Gasteiger partial charge in [0.25, 0.3) is 0 Å². The molecule has 2 heterocycles. The van der Waals surface area contributed by atoms with Crippen LogP contribution in [-0.4, -0.2) is 32.6 Å². The molecule has 1 amide bonds. The first-order chi connectivity index (χ1) is 10.2. The molecule has 21 heavy (non-hydrogen) atoms. The monoisotopic (exact) mass is 283 g/mol. The highest BCUT2D eigenvalue weighted by atomic mass is 16.4. The van der Waals surface area contributed by atoms with Crippen molar-refractivity contribution in [1.29, 1.82) is 0 Å². The maximum absolute atomic E-state index is 10.6. The second kappa shape index (κ2) is 5.12. The minimum Gasteiger partial charge on any atom is -0.465 e. The number of hydrogen-bond donors (Lipinski definition) is 3. The number of amides is 1. The number of hydrogen-bond acceptors (Lipinski definition) is 4. The van der Waals surface area contributed by atoms with Crippen molar-refractivity contribution in [2.24, 2.45) is 0 Å². The number of rotatable bonds is 3. The predicted molar refractivity (Wildman–Crippen MR) is 79.6 cm³/mol. The number of aromatic nitrogens is 3. The summed E-state index contributed by atoms with van der Waals surface area (Å²) in [4.78, 5) is 19.2. The molecule has 0 unspecified atom stereocenters. The maximum atomic E-state index is 10.6. The zero-order chi connectivity index (χ0) is 14.8. The standard InChI is InChI=1S/C14H13N5O2/c1-15-12-13-17-8-11(19(13)7-6-16-12)9-2-4-10(5-3-9)18-14(20)21/h2-8,18H,1H3,(H,15,16)(H,20,21). The molecule has 3 N–H and O–H groups in total. The summed E-state index contributed by atoms with van der Waals surface area (Å²) < 4.78 is 1.93. The van der Waals surface area contributed by atoms with E-state index < -0.39 is 6.09 Å². The Morgan fingerprint density at radius 2 is 2.00 bits per heavy atom. The van der Waals surface area contributed by atoms with Gasteiger partial charge in [-0.1, -0.05) is 12.1 Å². The molecule has 0 aliphatic rings. The minimum absolute atomic E-state index is 0.526. The quantitative estimate of drug-likeness (QED) is 0.687. The van der Waals surface area contributed by atoms with E-state index in [1.165, 1.54) is 0 Å². The third-order valence-corrected chi connectivity index (χ3v) is 3.10. The average molecular weight is 283 g/mol. The van der Waals surface area contributed by atoms with Crippen molar-refractivity contribution in [2.45, 2.75) is 0 Å². The fourth-order valence-corrected chi connectivity index (χ4v) is 2.16. The number of nitrogens with zero attached hydrogens (tertiary/aromatic N) is 3. The number of carbonyl (C=O) groups is 1. The van der Waals surface area contributed by atoms with Gasteiger partial charge in [-0.3, -0.25) is 9.72 Å². The Morgan fingerprint density at radius 3 is 2.67 bits per heavy atom. The largest absolute Gasteiger partial charge is 0.465 e. The van der Waals surface area contributed by atoms with Crippen LogP contribution in [0.2, 0.25) is 0 Å². The Labute approximate surface area is 120 Å². The van der Waals surface area contributed by atoms with Gasteiger partial charge in [-0.25, -0.2) is 14.8 Å². The van der Waals surface area contributed by atoms with Crippen molar-refractivity contribution >= 4 is 23.2 Å². The lowest BCUT2D eigenvalue weighted by Gasteiger charge is -2.05. The van der Waals surface area contributed by atoms with E-state index in [1.54, 1.807) is 31.6 Å². The summed E-state index contributed by atoms with van der Waals surface area (Å²) in [7, 11) is 1.79. The number of anilines is 2. The summed E-state index contributed by atoms with van der Waals surface area (Å²) >= 11 is 0. The van der Waals surface area contributed by atoms with Crippen molar-refractivity contribution in [3.63, 3.8) is 0 Å². The Balaban J connectivity index is 2.02. The van der Waals surface area contributed by atoms with Crippen LogP contribution in [0.1, 0.15) is 0 Å². The zero-order valence-corrected chi connectivity index (χ0v) is 11.2. The smallest absolute Gasteiger partial charge is 0.409 e. The van der Waals surface area contributed by atoms with E-state index in [4.69, 9.17) is 5.11 Å². The molecule has 0 aliphatic carbocycles. The fourth-order valence-electron chi connectivity index (χ4n) is 2.16. The van der Waals surface area contributed by atoms with Crippen LogP contribution >= 0.6 is 0 Å². The Bertz CT molecular complexity index is 795. The van der Waals surface area contributed by atoms with Crippen molar-refractivity contribution in [3.05, 3.63) is 42.9 Å². The van der Waals surface area contributed by atoms with Crippen LogP contribution in [0, 0.1) is 0 Å². The molecule has 3 aromatic rings. The molecule has 0 aliphatic heterocycles. The molecule has 106 valence electrons. The molecule has 0 spiro atoms. The number of fused-ring (bicyclic) bond motifs is 1. The summed E-state index contributed by atoms with van der Waals surface area (Å²) in [5, 5.41) is 14.0. The third-order valence-electron chi connectivity index (χ3n) is 3.10. The molecule has 7 heteroatoms. The highest BCUT2D eigenvalue weighted by molar-refractivity contribution is 5.83.